The Hall–Kier alpha value is -4.01. The fourth-order valence-electron chi connectivity index (χ4n) is 3.89. The molecule has 1 amide bonds. The van der Waals surface area contributed by atoms with Gasteiger partial charge in [-0.2, -0.15) is 4.80 Å². The van der Waals surface area contributed by atoms with Gasteiger partial charge in [-0.1, -0.05) is 49.7 Å². The van der Waals surface area contributed by atoms with Crippen molar-refractivity contribution in [2.75, 3.05) is 5.32 Å². The summed E-state index contributed by atoms with van der Waals surface area (Å²) in [6.07, 6.45) is 0. The fourth-order valence-corrected chi connectivity index (χ4v) is 4.28. The van der Waals surface area contributed by atoms with Crippen LogP contribution in [0.3, 0.4) is 0 Å². The van der Waals surface area contributed by atoms with E-state index >= 15 is 0 Å². The van der Waals surface area contributed by atoms with E-state index in [2.05, 4.69) is 46.8 Å². The van der Waals surface area contributed by atoms with Crippen molar-refractivity contribution in [3.63, 3.8) is 0 Å². The van der Waals surface area contributed by atoms with Crippen molar-refractivity contribution in [1.29, 1.82) is 0 Å². The first-order valence-electron chi connectivity index (χ1n) is 11.7. The van der Waals surface area contributed by atoms with E-state index in [1.54, 1.807) is 29.1 Å². The predicted octanol–water partition coefficient (Wildman–Crippen LogP) is 6.89. The van der Waals surface area contributed by atoms with Gasteiger partial charge in [-0.3, -0.25) is 10.1 Å². The number of nitrogens with zero attached hydrogens (tertiary/aromatic N) is 3. The van der Waals surface area contributed by atoms with E-state index in [1.165, 1.54) is 5.56 Å². The van der Waals surface area contributed by atoms with Gasteiger partial charge >= 0.3 is 0 Å². The number of hydrogen-bond acceptors (Lipinski definition) is 5. The van der Waals surface area contributed by atoms with E-state index in [0.717, 1.165) is 28.0 Å². The topological polar surface area (TPSA) is 85.0 Å². The zero-order valence-electron chi connectivity index (χ0n) is 20.4. The second kappa shape index (κ2) is 10.2. The molecule has 37 heavy (non-hydrogen) atoms. The summed E-state index contributed by atoms with van der Waals surface area (Å²) in [6, 6.07) is 22.5. The second-order valence-electron chi connectivity index (χ2n) is 8.97. The maximum absolute atomic E-state index is 12.7. The number of aryl methyl sites for hydroxylation is 1. The van der Waals surface area contributed by atoms with E-state index in [1.807, 2.05) is 43.3 Å². The number of benzene rings is 3. The fraction of sp³-hybridized carbons (Fsp3) is 0.143. The highest BCUT2D eigenvalue weighted by Gasteiger charge is 2.15. The molecule has 0 fully saturated rings. The van der Waals surface area contributed by atoms with Gasteiger partial charge in [0.25, 0.3) is 5.91 Å². The minimum absolute atomic E-state index is 0.137. The molecule has 0 radical (unpaired) electrons. The van der Waals surface area contributed by atoms with Crippen molar-refractivity contribution >= 4 is 51.6 Å². The van der Waals surface area contributed by atoms with Gasteiger partial charge in [0, 0.05) is 16.3 Å². The van der Waals surface area contributed by atoms with Crippen LogP contribution in [0.4, 0.5) is 5.69 Å². The number of fused-ring (bicyclic) bond motifs is 1. The van der Waals surface area contributed by atoms with Crippen LogP contribution >= 0.6 is 23.8 Å². The van der Waals surface area contributed by atoms with E-state index < -0.39 is 5.91 Å². The first-order valence-corrected chi connectivity index (χ1v) is 12.5. The van der Waals surface area contributed by atoms with Crippen LogP contribution in [0.25, 0.3) is 28.0 Å². The van der Waals surface area contributed by atoms with Crippen LogP contribution < -0.4 is 10.6 Å². The molecular weight excluding hydrogens is 506 g/mol. The van der Waals surface area contributed by atoms with Gasteiger partial charge in [0.2, 0.25) is 0 Å². The molecule has 0 aliphatic carbocycles. The molecule has 7 nitrogen and oxygen atoms in total. The van der Waals surface area contributed by atoms with Crippen molar-refractivity contribution in [3.05, 3.63) is 94.7 Å². The molecule has 0 aliphatic rings. The molecule has 0 spiro atoms. The van der Waals surface area contributed by atoms with Gasteiger partial charge in [-0.25, -0.2) is 0 Å². The third-order valence-electron chi connectivity index (χ3n) is 5.93. The van der Waals surface area contributed by atoms with Gasteiger partial charge < -0.3 is 9.73 Å². The number of aromatic nitrogens is 3. The van der Waals surface area contributed by atoms with E-state index in [-0.39, 0.29) is 10.9 Å². The molecule has 2 heterocycles. The number of furan rings is 1. The summed E-state index contributed by atoms with van der Waals surface area (Å²) in [4.78, 5) is 14.3. The quantitative estimate of drug-likeness (QED) is 0.241. The molecule has 0 atom stereocenters. The Morgan fingerprint density at radius 1 is 1.00 bits per heavy atom. The predicted molar refractivity (Wildman–Crippen MR) is 151 cm³/mol. The number of thiocarbonyl (C=S) groups is 1. The molecule has 0 saturated heterocycles. The number of carbonyl (C=O) groups excluding carboxylic acids is 1. The zero-order chi connectivity index (χ0) is 26.1. The molecule has 2 aromatic heterocycles. The molecule has 0 saturated carbocycles. The summed E-state index contributed by atoms with van der Waals surface area (Å²) in [5.74, 6) is 0.671. The van der Waals surface area contributed by atoms with Crippen LogP contribution in [0.2, 0.25) is 5.02 Å². The Morgan fingerprint density at radius 3 is 2.43 bits per heavy atom. The minimum atomic E-state index is -0.458. The highest BCUT2D eigenvalue weighted by atomic mass is 35.5. The number of halogens is 1. The highest BCUT2D eigenvalue weighted by Crippen LogP contribution is 2.25. The lowest BCUT2D eigenvalue weighted by Crippen LogP contribution is -2.34. The van der Waals surface area contributed by atoms with Gasteiger partial charge in [-0.05, 0) is 84.7 Å². The number of hydrogen-bond donors (Lipinski definition) is 2. The van der Waals surface area contributed by atoms with E-state index in [0.29, 0.717) is 22.2 Å². The molecular formula is C28H24ClN5O2S. The Morgan fingerprint density at radius 2 is 1.73 bits per heavy atom. The average molecular weight is 530 g/mol. The maximum atomic E-state index is 12.7. The van der Waals surface area contributed by atoms with Crippen molar-refractivity contribution in [2.24, 2.45) is 0 Å². The molecule has 0 bridgehead atoms. The molecule has 0 unspecified atom stereocenters. The largest absolute Gasteiger partial charge is 0.451 e. The Kier molecular flexibility index (Phi) is 6.78. The summed E-state index contributed by atoms with van der Waals surface area (Å²) in [6.45, 7) is 6.26. The lowest BCUT2D eigenvalue weighted by Gasteiger charge is -2.10. The number of rotatable bonds is 5. The minimum Gasteiger partial charge on any atom is -0.451 e. The SMILES string of the molecule is Cc1cc2nn(-c3ccc(C(C)C)cc3)nc2cc1NC(=S)NC(=O)c1ccc(-c2cccc(Cl)c2)o1. The summed E-state index contributed by atoms with van der Waals surface area (Å²) in [5, 5.41) is 15.7. The van der Waals surface area contributed by atoms with Gasteiger partial charge in [0.15, 0.2) is 10.9 Å². The van der Waals surface area contributed by atoms with Crippen LogP contribution in [-0.2, 0) is 0 Å². The molecule has 5 rings (SSSR count). The highest BCUT2D eigenvalue weighted by molar-refractivity contribution is 7.80. The second-order valence-corrected chi connectivity index (χ2v) is 9.82. The van der Waals surface area contributed by atoms with Gasteiger partial charge in [-0.15, -0.1) is 10.2 Å². The average Bonchev–Trinajstić information content (AvgIpc) is 3.52. The van der Waals surface area contributed by atoms with Crippen molar-refractivity contribution < 1.29 is 9.21 Å². The first kappa shape index (κ1) is 24.7. The summed E-state index contributed by atoms with van der Waals surface area (Å²) in [7, 11) is 0. The molecule has 186 valence electrons. The van der Waals surface area contributed by atoms with Crippen molar-refractivity contribution in [1.82, 2.24) is 20.3 Å². The van der Waals surface area contributed by atoms with Crippen molar-refractivity contribution in [3.8, 4) is 17.0 Å². The van der Waals surface area contributed by atoms with Crippen LogP contribution in [-0.4, -0.2) is 26.0 Å². The van der Waals surface area contributed by atoms with E-state index in [4.69, 9.17) is 28.2 Å². The van der Waals surface area contributed by atoms with Crippen LogP contribution in [0, 0.1) is 6.92 Å². The normalized spacial score (nSPS) is 11.2. The third kappa shape index (κ3) is 5.40. The summed E-state index contributed by atoms with van der Waals surface area (Å²) >= 11 is 11.4. The maximum Gasteiger partial charge on any atom is 0.293 e. The number of anilines is 1. The lowest BCUT2D eigenvalue weighted by atomic mass is 10.0. The zero-order valence-corrected chi connectivity index (χ0v) is 22.0. The van der Waals surface area contributed by atoms with Gasteiger partial charge in [0.05, 0.1) is 5.69 Å². The molecule has 2 N–H and O–H groups in total. The number of carbonyl (C=O) groups is 1. The summed E-state index contributed by atoms with van der Waals surface area (Å²) < 4.78 is 5.70. The van der Waals surface area contributed by atoms with Crippen LogP contribution in [0.1, 0.15) is 41.4 Å². The van der Waals surface area contributed by atoms with Gasteiger partial charge in [0.1, 0.15) is 16.8 Å². The van der Waals surface area contributed by atoms with Crippen molar-refractivity contribution in [2.45, 2.75) is 26.7 Å². The monoisotopic (exact) mass is 529 g/mol. The molecule has 9 heteroatoms. The molecule has 5 aromatic rings. The molecule has 0 aliphatic heterocycles. The Labute approximate surface area is 224 Å². The summed E-state index contributed by atoms with van der Waals surface area (Å²) in [5.41, 5.74) is 6.01. The number of nitrogens with one attached hydrogen (secondary N) is 2. The van der Waals surface area contributed by atoms with E-state index in [9.17, 15) is 4.79 Å². The Balaban J connectivity index is 1.29. The standard InChI is InChI=1S/C28H24ClN5O2S/c1-16(2)18-7-9-21(10-8-18)34-32-23-13-17(3)22(15-24(23)33-34)30-28(37)31-27(35)26-12-11-25(36-26)19-5-4-6-20(29)14-19/h4-16H,1-3H3,(H2,30,31,35,37). The van der Waals surface area contributed by atoms with Crippen LogP contribution in [0.15, 0.2) is 77.2 Å². The third-order valence-corrected chi connectivity index (χ3v) is 6.37. The van der Waals surface area contributed by atoms with Crippen LogP contribution in [0.5, 0.6) is 0 Å². The smallest absolute Gasteiger partial charge is 0.293 e. The lowest BCUT2D eigenvalue weighted by molar-refractivity contribution is 0.0951. The molecule has 3 aromatic carbocycles. The number of amides is 1. The first-order chi connectivity index (χ1) is 17.8. The Bertz CT molecular complexity index is 1620.